The van der Waals surface area contributed by atoms with E-state index in [-0.39, 0.29) is 17.9 Å². The summed E-state index contributed by atoms with van der Waals surface area (Å²) in [7, 11) is 2.15. The van der Waals surface area contributed by atoms with E-state index in [4.69, 9.17) is 4.74 Å². The van der Waals surface area contributed by atoms with E-state index >= 15 is 0 Å². The summed E-state index contributed by atoms with van der Waals surface area (Å²) in [6.45, 7) is 11.2. The van der Waals surface area contributed by atoms with Gasteiger partial charge in [0.15, 0.2) is 0 Å². The van der Waals surface area contributed by atoms with E-state index in [1.54, 1.807) is 4.90 Å². The van der Waals surface area contributed by atoms with Crippen LogP contribution in [-0.4, -0.2) is 73.7 Å². The number of hydrogen-bond acceptors (Lipinski definition) is 5. The molecular weight excluding hydrogens is 380 g/mol. The molecule has 0 bridgehead atoms. The normalized spacial score (nSPS) is 20.7. The van der Waals surface area contributed by atoms with Crippen LogP contribution in [0.3, 0.4) is 0 Å². The number of nitrogens with zero attached hydrogens (tertiary/aromatic N) is 3. The van der Waals surface area contributed by atoms with Crippen molar-refractivity contribution in [1.82, 2.24) is 15.1 Å². The molecule has 0 radical (unpaired) electrons. The Morgan fingerprint density at radius 3 is 2.50 bits per heavy atom. The zero-order valence-corrected chi connectivity index (χ0v) is 18.8. The van der Waals surface area contributed by atoms with Gasteiger partial charge in [-0.3, -0.25) is 4.79 Å². The second kappa shape index (κ2) is 9.69. The van der Waals surface area contributed by atoms with Crippen LogP contribution in [0.1, 0.15) is 39.2 Å². The minimum Gasteiger partial charge on any atom is -0.444 e. The van der Waals surface area contributed by atoms with E-state index in [0.717, 1.165) is 44.6 Å². The van der Waals surface area contributed by atoms with Gasteiger partial charge in [0.1, 0.15) is 5.60 Å². The molecule has 7 heteroatoms. The lowest BCUT2D eigenvalue weighted by atomic mass is 9.97. The van der Waals surface area contributed by atoms with Gasteiger partial charge in [0.05, 0.1) is 5.92 Å². The molecule has 2 fully saturated rings. The van der Waals surface area contributed by atoms with Crippen LogP contribution in [0.5, 0.6) is 0 Å². The van der Waals surface area contributed by atoms with Crippen molar-refractivity contribution in [2.24, 2.45) is 5.92 Å². The molecule has 1 unspecified atom stereocenters. The van der Waals surface area contributed by atoms with Crippen LogP contribution < -0.4 is 10.2 Å². The van der Waals surface area contributed by atoms with Gasteiger partial charge in [0.25, 0.3) is 0 Å². The average molecular weight is 417 g/mol. The molecule has 2 amide bonds. The quantitative estimate of drug-likeness (QED) is 0.818. The third kappa shape index (κ3) is 6.11. The van der Waals surface area contributed by atoms with Crippen molar-refractivity contribution in [2.45, 2.75) is 45.8 Å². The molecule has 1 aromatic carbocycles. The van der Waals surface area contributed by atoms with E-state index in [9.17, 15) is 9.59 Å². The molecule has 2 heterocycles. The molecule has 0 spiro atoms. The minimum absolute atomic E-state index is 0.0106. The highest BCUT2D eigenvalue weighted by molar-refractivity contribution is 5.80. The number of ether oxygens (including phenoxy) is 1. The molecular formula is C23H36N4O3. The van der Waals surface area contributed by atoms with Crippen LogP contribution in [0.25, 0.3) is 0 Å². The van der Waals surface area contributed by atoms with E-state index in [2.05, 4.69) is 40.4 Å². The molecule has 1 aromatic rings. The largest absolute Gasteiger partial charge is 0.444 e. The lowest BCUT2D eigenvalue weighted by molar-refractivity contribution is -0.126. The monoisotopic (exact) mass is 416 g/mol. The molecule has 1 N–H and O–H groups in total. The maximum Gasteiger partial charge on any atom is 0.410 e. The number of anilines is 1. The Morgan fingerprint density at radius 2 is 1.80 bits per heavy atom. The Labute approximate surface area is 180 Å². The number of hydrogen-bond donors (Lipinski definition) is 1. The number of piperidine rings is 1. The molecule has 2 saturated heterocycles. The SMILES string of the molecule is CN1CCN(c2ccccc2CNC(=O)C2CCCN(C(=O)OC(C)(C)C)C2)CC1. The van der Waals surface area contributed by atoms with Crippen LogP contribution in [0.4, 0.5) is 10.5 Å². The van der Waals surface area contributed by atoms with Gasteiger partial charge < -0.3 is 24.8 Å². The van der Waals surface area contributed by atoms with E-state index < -0.39 is 5.60 Å². The van der Waals surface area contributed by atoms with Crippen LogP contribution in [0, 0.1) is 5.92 Å². The van der Waals surface area contributed by atoms with Crippen LogP contribution >= 0.6 is 0 Å². The first kappa shape index (κ1) is 22.4. The minimum atomic E-state index is -0.529. The van der Waals surface area contributed by atoms with Gasteiger partial charge in [0, 0.05) is 51.5 Å². The van der Waals surface area contributed by atoms with Crippen molar-refractivity contribution in [3.8, 4) is 0 Å². The smallest absolute Gasteiger partial charge is 0.410 e. The third-order valence-corrected chi connectivity index (χ3v) is 5.73. The van der Waals surface area contributed by atoms with Crippen molar-refractivity contribution < 1.29 is 14.3 Å². The summed E-state index contributed by atoms with van der Waals surface area (Å²) in [5.74, 6) is -0.182. The number of amides is 2. The molecule has 30 heavy (non-hydrogen) atoms. The lowest BCUT2D eigenvalue weighted by Crippen LogP contribution is -2.47. The number of carbonyl (C=O) groups excluding carboxylic acids is 2. The molecule has 0 saturated carbocycles. The molecule has 2 aliphatic rings. The van der Waals surface area contributed by atoms with E-state index in [1.165, 1.54) is 5.69 Å². The fourth-order valence-corrected chi connectivity index (χ4v) is 4.03. The van der Waals surface area contributed by atoms with Gasteiger partial charge in [-0.1, -0.05) is 18.2 Å². The maximum atomic E-state index is 12.8. The fraction of sp³-hybridized carbons (Fsp3) is 0.652. The van der Waals surface area contributed by atoms with Crippen molar-refractivity contribution in [1.29, 1.82) is 0 Å². The lowest BCUT2D eigenvalue weighted by Gasteiger charge is -2.35. The first-order valence-corrected chi connectivity index (χ1v) is 11.0. The molecule has 2 aliphatic heterocycles. The summed E-state index contributed by atoms with van der Waals surface area (Å²) >= 11 is 0. The number of nitrogens with one attached hydrogen (secondary N) is 1. The summed E-state index contributed by atoms with van der Waals surface area (Å²) in [4.78, 5) is 31.6. The number of likely N-dealkylation sites (tertiary alicyclic amines) is 1. The van der Waals surface area contributed by atoms with E-state index in [0.29, 0.717) is 19.6 Å². The van der Waals surface area contributed by atoms with Crippen LogP contribution in [0.15, 0.2) is 24.3 Å². The van der Waals surface area contributed by atoms with Crippen molar-refractivity contribution in [3.05, 3.63) is 29.8 Å². The summed E-state index contributed by atoms with van der Waals surface area (Å²) in [6, 6.07) is 8.30. The van der Waals surface area contributed by atoms with Gasteiger partial charge in [-0.15, -0.1) is 0 Å². The molecule has 166 valence electrons. The zero-order valence-electron chi connectivity index (χ0n) is 18.8. The molecule has 7 nitrogen and oxygen atoms in total. The standard InChI is InChI=1S/C23H36N4O3/c1-23(2,3)30-22(29)27-11-7-9-19(17-27)21(28)24-16-18-8-5-6-10-20(18)26-14-12-25(4)13-15-26/h5-6,8,10,19H,7,9,11-17H2,1-4H3,(H,24,28). The highest BCUT2D eigenvalue weighted by Crippen LogP contribution is 2.23. The number of piperazine rings is 1. The number of benzene rings is 1. The topological polar surface area (TPSA) is 65.1 Å². The van der Waals surface area contributed by atoms with Crippen molar-refractivity contribution in [2.75, 3.05) is 51.2 Å². The molecule has 0 aromatic heterocycles. The Kier molecular flexibility index (Phi) is 7.23. The highest BCUT2D eigenvalue weighted by atomic mass is 16.6. The Hall–Kier alpha value is -2.28. The zero-order chi connectivity index (χ0) is 21.7. The summed E-state index contributed by atoms with van der Waals surface area (Å²) in [5.41, 5.74) is 1.80. The second-order valence-corrected chi connectivity index (χ2v) is 9.40. The summed E-state index contributed by atoms with van der Waals surface area (Å²) < 4.78 is 5.47. The fourth-order valence-electron chi connectivity index (χ4n) is 4.03. The van der Waals surface area contributed by atoms with Gasteiger partial charge in [-0.2, -0.15) is 0 Å². The average Bonchev–Trinajstić information content (AvgIpc) is 2.72. The number of para-hydroxylation sites is 1. The maximum absolute atomic E-state index is 12.8. The predicted molar refractivity (Wildman–Crippen MR) is 119 cm³/mol. The number of likely N-dealkylation sites (N-methyl/N-ethyl adjacent to an activating group) is 1. The van der Waals surface area contributed by atoms with Gasteiger partial charge in [-0.25, -0.2) is 4.79 Å². The van der Waals surface area contributed by atoms with Crippen LogP contribution in [0.2, 0.25) is 0 Å². The molecule has 1 atom stereocenters. The van der Waals surface area contributed by atoms with E-state index in [1.807, 2.05) is 26.8 Å². The third-order valence-electron chi connectivity index (χ3n) is 5.73. The first-order chi connectivity index (χ1) is 14.2. The van der Waals surface area contributed by atoms with Gasteiger partial charge in [0.2, 0.25) is 5.91 Å². The van der Waals surface area contributed by atoms with Crippen molar-refractivity contribution in [3.63, 3.8) is 0 Å². The molecule has 0 aliphatic carbocycles. The highest BCUT2D eigenvalue weighted by Gasteiger charge is 2.31. The summed E-state index contributed by atoms with van der Waals surface area (Å²) in [5, 5.41) is 3.11. The molecule has 3 rings (SSSR count). The Morgan fingerprint density at radius 1 is 1.10 bits per heavy atom. The van der Waals surface area contributed by atoms with Crippen LogP contribution in [-0.2, 0) is 16.1 Å². The second-order valence-electron chi connectivity index (χ2n) is 9.40. The summed E-state index contributed by atoms with van der Waals surface area (Å²) in [6.07, 6.45) is 1.28. The first-order valence-electron chi connectivity index (χ1n) is 11.0. The van der Waals surface area contributed by atoms with Gasteiger partial charge in [-0.05, 0) is 52.3 Å². The van der Waals surface area contributed by atoms with Crippen molar-refractivity contribution >= 4 is 17.7 Å². The number of rotatable bonds is 4. The predicted octanol–water partition coefficient (Wildman–Crippen LogP) is 2.70. The van der Waals surface area contributed by atoms with Gasteiger partial charge >= 0.3 is 6.09 Å². The Balaban J connectivity index is 1.56. The number of carbonyl (C=O) groups is 2. The Bertz CT molecular complexity index is 738.